The Morgan fingerprint density at radius 2 is 1.28 bits per heavy atom. The highest BCUT2D eigenvalue weighted by Crippen LogP contribution is 2.21. The number of fused-ring (bicyclic) bond motifs is 2. The van der Waals surface area contributed by atoms with Crippen molar-refractivity contribution in [3.05, 3.63) is 163 Å². The standard InChI is InChI=1S/C22H18FN5O3.C11H6FNO.C11H12N4O2.CH3F/c23-16-3-6-19-15(11-16)12-18(21(29)24-19)20-13-28(26-25-20)17-4-1-14(2-5-17)22(30)27-7-9-31-10-8-27;1-2-7-5-8-6-9(12)3-4-10(8)13-11(7)14;12-14-13-10-3-1-9(2-4-10)11(16)15-5-7-17-8-6-15;1-2/h1-6,11-13H,7-10H2,(H,24,29);1,3-6H,(H,13,14);1-4H,5-8H2;1H3/i;;;1D. The Kier molecular flexibility index (Phi) is 14.9. The third kappa shape index (κ3) is 11.3. The van der Waals surface area contributed by atoms with Gasteiger partial charge in [-0.2, -0.15) is 0 Å². The maximum absolute atomic E-state index is 13.5. The molecule has 19 heteroatoms. The molecule has 0 saturated carbocycles. The molecule has 9 rings (SSSR count). The Labute approximate surface area is 363 Å². The number of nitrogens with one attached hydrogen (secondary N) is 2. The van der Waals surface area contributed by atoms with E-state index < -0.39 is 7.15 Å². The molecule has 0 aliphatic carbocycles. The minimum Gasteiger partial charge on any atom is -0.378 e. The summed E-state index contributed by atoms with van der Waals surface area (Å²) in [5, 5.41) is 12.8. The fourth-order valence-electron chi connectivity index (χ4n) is 6.54. The lowest BCUT2D eigenvalue weighted by Gasteiger charge is -2.26. The van der Waals surface area contributed by atoms with Gasteiger partial charge in [-0.3, -0.25) is 23.6 Å². The number of alkyl halides is 1. The van der Waals surface area contributed by atoms with E-state index in [9.17, 15) is 32.3 Å². The second kappa shape index (κ2) is 21.7. The summed E-state index contributed by atoms with van der Waals surface area (Å²) in [7, 11) is -1.00. The highest BCUT2D eigenvalue weighted by molar-refractivity contribution is 5.95. The largest absolute Gasteiger partial charge is 0.378 e. The van der Waals surface area contributed by atoms with E-state index in [-0.39, 0.29) is 40.1 Å². The number of pyridine rings is 2. The Balaban J connectivity index is 0.000000173. The fraction of sp³-hybridized carbons (Fsp3) is 0.200. The summed E-state index contributed by atoms with van der Waals surface area (Å²) in [5.74, 6) is 1.45. The predicted octanol–water partition coefficient (Wildman–Crippen LogP) is 6.72. The lowest BCUT2D eigenvalue weighted by atomic mass is 10.1. The van der Waals surface area contributed by atoms with E-state index in [4.69, 9.17) is 22.8 Å². The van der Waals surface area contributed by atoms with Gasteiger partial charge in [0, 0.05) is 69.7 Å². The van der Waals surface area contributed by atoms with Crippen LogP contribution in [0.3, 0.4) is 0 Å². The number of rotatable bonds is 5. The number of azide groups is 1. The first kappa shape index (κ1) is 44.0. The van der Waals surface area contributed by atoms with E-state index >= 15 is 0 Å². The molecule has 0 bridgehead atoms. The molecule has 0 spiro atoms. The quantitative estimate of drug-likeness (QED) is 0.0820. The van der Waals surface area contributed by atoms with Crippen LogP contribution in [0.1, 0.15) is 27.7 Å². The predicted molar refractivity (Wildman–Crippen MR) is 233 cm³/mol. The number of terminal acetylenes is 1. The fourth-order valence-corrected chi connectivity index (χ4v) is 6.54. The molecule has 326 valence electrons. The van der Waals surface area contributed by atoms with Crippen molar-refractivity contribution >= 4 is 39.3 Å². The van der Waals surface area contributed by atoms with E-state index in [2.05, 4.69) is 36.2 Å². The van der Waals surface area contributed by atoms with E-state index in [1.165, 1.54) is 47.1 Å². The first-order valence-electron chi connectivity index (χ1n) is 20.1. The van der Waals surface area contributed by atoms with Crippen LogP contribution in [-0.2, 0) is 9.47 Å². The lowest BCUT2D eigenvalue weighted by molar-refractivity contribution is 0.0301. The maximum Gasteiger partial charge on any atom is 0.264 e. The van der Waals surface area contributed by atoms with Crippen LogP contribution in [0.15, 0.2) is 118 Å². The molecule has 2 amide bonds. The van der Waals surface area contributed by atoms with Crippen molar-refractivity contribution < 1.29 is 33.6 Å². The molecular weight excluding hydrogens is 834 g/mol. The molecule has 5 heterocycles. The normalized spacial score (nSPS) is 13.4. The molecule has 16 nitrogen and oxygen atoms in total. The minimum absolute atomic E-state index is 0.0132. The molecule has 0 unspecified atom stereocenters. The first-order valence-corrected chi connectivity index (χ1v) is 19.4. The Morgan fingerprint density at radius 1 is 0.781 bits per heavy atom. The number of H-pyrrole nitrogens is 2. The minimum atomic E-state index is -1.00. The zero-order valence-electron chi connectivity index (χ0n) is 34.9. The zero-order valence-corrected chi connectivity index (χ0v) is 33.9. The number of ether oxygens (including phenoxy) is 2. The van der Waals surface area contributed by atoms with Crippen LogP contribution in [0.2, 0.25) is 0 Å². The number of carbonyl (C=O) groups excluding carboxylic acids is 2. The van der Waals surface area contributed by atoms with Gasteiger partial charge in [0.25, 0.3) is 22.9 Å². The topological polar surface area (TPSA) is 204 Å². The molecule has 2 saturated heterocycles. The van der Waals surface area contributed by atoms with E-state index in [1.807, 2.05) is 0 Å². The van der Waals surface area contributed by atoms with Crippen molar-refractivity contribution in [3.8, 4) is 29.3 Å². The molecule has 2 aliphatic rings. The number of benzene rings is 4. The number of hydrogen-bond donors (Lipinski definition) is 2. The number of halogens is 3. The third-order valence-corrected chi connectivity index (χ3v) is 9.79. The molecule has 2 aliphatic heterocycles. The van der Waals surface area contributed by atoms with Crippen molar-refractivity contribution in [2.45, 2.75) is 0 Å². The van der Waals surface area contributed by atoms with Crippen molar-refractivity contribution in [2.24, 2.45) is 5.11 Å². The number of aromatic amines is 2. The van der Waals surface area contributed by atoms with Crippen LogP contribution in [0.4, 0.5) is 18.9 Å². The summed E-state index contributed by atoms with van der Waals surface area (Å²) >= 11 is 0. The first-order chi connectivity index (χ1) is 31.5. The summed E-state index contributed by atoms with van der Waals surface area (Å²) in [4.78, 5) is 59.8. The summed E-state index contributed by atoms with van der Waals surface area (Å²) in [5.41, 5.74) is 12.0. The van der Waals surface area contributed by atoms with Gasteiger partial charge >= 0.3 is 0 Å². The number of morpholine rings is 2. The molecule has 2 N–H and O–H groups in total. The van der Waals surface area contributed by atoms with Gasteiger partial charge in [0.05, 0.1) is 58.0 Å². The summed E-state index contributed by atoms with van der Waals surface area (Å²) in [6, 6.07) is 25.0. The lowest BCUT2D eigenvalue weighted by Crippen LogP contribution is -2.40. The van der Waals surface area contributed by atoms with Crippen LogP contribution < -0.4 is 11.1 Å². The van der Waals surface area contributed by atoms with E-state index in [0.717, 1.165) is 0 Å². The third-order valence-electron chi connectivity index (χ3n) is 9.79. The Bertz CT molecular complexity index is 2990. The highest BCUT2D eigenvalue weighted by Gasteiger charge is 2.20. The SMILES string of the molecule is C#Cc1cc2cc(F)ccc2[nH]c1=O.O=C(c1ccc(-n2cc(-c3cc4cc(F)ccc4[nH]c3=O)nn2)cc1)N1CCOCC1.[2H]CF.[N-]=[N+]=Nc1ccc(C(=O)N2CCOCC2)cc1. The van der Waals surface area contributed by atoms with Gasteiger partial charge in [-0.15, -0.1) is 11.5 Å². The van der Waals surface area contributed by atoms with Crippen LogP contribution >= 0.6 is 0 Å². The summed E-state index contributed by atoms with van der Waals surface area (Å²) < 4.78 is 53.9. The van der Waals surface area contributed by atoms with Gasteiger partial charge in [-0.25, -0.2) is 13.5 Å². The number of hydrogen-bond acceptors (Lipinski definition) is 9. The van der Waals surface area contributed by atoms with Crippen molar-refractivity contribution in [3.63, 3.8) is 0 Å². The van der Waals surface area contributed by atoms with Gasteiger partial charge in [0.2, 0.25) is 0 Å². The Hall–Kier alpha value is -8.04. The van der Waals surface area contributed by atoms with Crippen molar-refractivity contribution in [2.75, 3.05) is 59.8 Å². The van der Waals surface area contributed by atoms with E-state index in [1.54, 1.807) is 70.6 Å². The molecule has 7 aromatic rings. The van der Waals surface area contributed by atoms with Crippen LogP contribution in [-0.4, -0.2) is 106 Å². The molecule has 3 aromatic heterocycles. The van der Waals surface area contributed by atoms with Crippen molar-refractivity contribution in [1.29, 1.82) is 0 Å². The molecular formula is C45H39F3N10O6. The molecule has 64 heavy (non-hydrogen) atoms. The highest BCUT2D eigenvalue weighted by atomic mass is 19.1. The molecule has 0 atom stereocenters. The van der Waals surface area contributed by atoms with Gasteiger partial charge in [-0.05, 0) is 90.5 Å². The van der Waals surface area contributed by atoms with E-state index in [0.29, 0.717) is 108 Å². The Morgan fingerprint density at radius 3 is 1.80 bits per heavy atom. The van der Waals surface area contributed by atoms with Gasteiger partial charge in [0.15, 0.2) is 0 Å². The maximum atomic E-state index is 13.5. The molecule has 4 aromatic carbocycles. The number of carbonyl (C=O) groups is 2. The zero-order chi connectivity index (χ0) is 46.3. The molecule has 2 fully saturated rings. The number of nitrogens with zero attached hydrogens (tertiary/aromatic N) is 8. The van der Waals surface area contributed by atoms with Crippen LogP contribution in [0, 0.1) is 24.0 Å². The van der Waals surface area contributed by atoms with Crippen LogP contribution in [0.25, 0.3) is 49.2 Å². The second-order valence-corrected chi connectivity index (χ2v) is 13.8. The van der Waals surface area contributed by atoms with Crippen molar-refractivity contribution in [1.82, 2.24) is 34.8 Å². The second-order valence-electron chi connectivity index (χ2n) is 13.8. The average molecular weight is 874 g/mol. The van der Waals surface area contributed by atoms with Gasteiger partial charge in [0.1, 0.15) is 17.3 Å². The smallest absolute Gasteiger partial charge is 0.264 e. The summed E-state index contributed by atoms with van der Waals surface area (Å²) in [6.07, 6.45) is 6.74. The van der Waals surface area contributed by atoms with Crippen LogP contribution in [0.5, 0.6) is 0 Å². The molecule has 0 radical (unpaired) electrons. The number of aromatic nitrogens is 5. The van der Waals surface area contributed by atoms with Gasteiger partial charge < -0.3 is 29.2 Å². The summed E-state index contributed by atoms with van der Waals surface area (Å²) in [6.45, 7) is 4.67. The monoisotopic (exact) mass is 873 g/mol. The van der Waals surface area contributed by atoms with Gasteiger partial charge in [-0.1, -0.05) is 28.4 Å². The average Bonchev–Trinajstić information content (AvgIpc) is 3.83. The number of amides is 2.